The van der Waals surface area contributed by atoms with Crippen molar-refractivity contribution >= 4 is 5.78 Å². The molecular formula is C26H40O3. The number of methoxy groups -OCH3 is 1. The summed E-state index contributed by atoms with van der Waals surface area (Å²) >= 11 is 0. The van der Waals surface area contributed by atoms with Gasteiger partial charge < -0.3 is 9.47 Å². The van der Waals surface area contributed by atoms with E-state index in [2.05, 4.69) is 19.9 Å². The monoisotopic (exact) mass is 400 g/mol. The second kappa shape index (κ2) is 7.19. The van der Waals surface area contributed by atoms with Crippen LogP contribution < -0.4 is 0 Å². The second-order valence-corrected chi connectivity index (χ2v) is 11.4. The predicted molar refractivity (Wildman–Crippen MR) is 114 cm³/mol. The van der Waals surface area contributed by atoms with Gasteiger partial charge in [0.2, 0.25) is 0 Å². The predicted octanol–water partition coefficient (Wildman–Crippen LogP) is 6.07. The summed E-state index contributed by atoms with van der Waals surface area (Å²) in [4.78, 5) is 12.0. The Morgan fingerprint density at radius 1 is 0.931 bits per heavy atom. The third-order valence-corrected chi connectivity index (χ3v) is 10.3. The van der Waals surface area contributed by atoms with Crippen molar-refractivity contribution < 1.29 is 14.3 Å². The summed E-state index contributed by atoms with van der Waals surface area (Å²) in [6.45, 7) is 5.00. The van der Waals surface area contributed by atoms with Gasteiger partial charge in [-0.1, -0.05) is 26.3 Å². The first-order valence-electron chi connectivity index (χ1n) is 12.4. The van der Waals surface area contributed by atoms with E-state index in [1.54, 1.807) is 0 Å². The van der Waals surface area contributed by atoms with E-state index in [9.17, 15) is 4.79 Å². The normalized spacial score (nSPS) is 48.7. The van der Waals surface area contributed by atoms with Gasteiger partial charge in [-0.25, -0.2) is 0 Å². The van der Waals surface area contributed by atoms with Gasteiger partial charge in [0, 0.05) is 26.4 Å². The molecule has 0 heterocycles. The third-order valence-electron chi connectivity index (χ3n) is 10.3. The minimum atomic E-state index is -0.326. The average Bonchev–Trinajstić information content (AvgIpc) is 3.05. The lowest BCUT2D eigenvalue weighted by Crippen LogP contribution is -2.54. The van der Waals surface area contributed by atoms with E-state index in [0.717, 1.165) is 37.0 Å². The van der Waals surface area contributed by atoms with Gasteiger partial charge >= 0.3 is 0 Å². The van der Waals surface area contributed by atoms with Gasteiger partial charge in [-0.15, -0.1) is 0 Å². The molecule has 0 bridgehead atoms. The molecule has 5 rings (SSSR count). The molecule has 0 aromatic heterocycles. The average molecular weight is 401 g/mol. The Morgan fingerprint density at radius 2 is 1.72 bits per heavy atom. The quantitative estimate of drug-likeness (QED) is 0.540. The van der Waals surface area contributed by atoms with E-state index < -0.39 is 0 Å². The SMILES string of the molecule is COC1(O[C@@H]2CC[C@H]3[C@@H]4CC[C@H]5CC(=O)C=C[C@]5(C)[C@H]4CC[C@]23C)CCCCC1. The van der Waals surface area contributed by atoms with Crippen molar-refractivity contribution in [3.05, 3.63) is 12.2 Å². The molecule has 4 saturated carbocycles. The highest BCUT2D eigenvalue weighted by atomic mass is 16.7. The molecule has 0 amide bonds. The molecule has 29 heavy (non-hydrogen) atoms. The van der Waals surface area contributed by atoms with Gasteiger partial charge in [0.1, 0.15) is 0 Å². The van der Waals surface area contributed by atoms with Crippen LogP contribution in [0.1, 0.15) is 90.9 Å². The molecule has 0 saturated heterocycles. The van der Waals surface area contributed by atoms with Gasteiger partial charge in [-0.2, -0.15) is 0 Å². The van der Waals surface area contributed by atoms with E-state index in [1.165, 1.54) is 57.8 Å². The molecular weight excluding hydrogens is 360 g/mol. The van der Waals surface area contributed by atoms with Crippen molar-refractivity contribution in [2.75, 3.05) is 7.11 Å². The Labute approximate surface area is 177 Å². The summed E-state index contributed by atoms with van der Waals surface area (Å²) in [5.74, 6) is 2.90. The fourth-order valence-electron chi connectivity index (χ4n) is 8.50. The third kappa shape index (κ3) is 3.09. The molecule has 0 aromatic rings. The lowest BCUT2D eigenvalue weighted by molar-refractivity contribution is -0.280. The number of hydrogen-bond acceptors (Lipinski definition) is 3. The molecule has 7 atom stereocenters. The van der Waals surface area contributed by atoms with Crippen LogP contribution in [0.2, 0.25) is 0 Å². The second-order valence-electron chi connectivity index (χ2n) is 11.4. The molecule has 0 unspecified atom stereocenters. The summed E-state index contributed by atoms with van der Waals surface area (Å²) in [7, 11) is 1.86. The molecule has 4 fully saturated rings. The zero-order valence-electron chi connectivity index (χ0n) is 18.8. The van der Waals surface area contributed by atoms with Gasteiger partial charge in [0.15, 0.2) is 11.6 Å². The fraction of sp³-hybridized carbons (Fsp3) is 0.885. The standard InChI is InChI=1S/C26H40O3/c1-24-15-11-19(27)17-18(24)7-8-20-21-9-10-23(25(21,2)16-12-22(20)24)29-26(28-3)13-5-4-6-14-26/h11,15,18,20-23H,4-10,12-14,16-17H2,1-3H3/t18-,20-,21-,22-,23+,24-,25-/m0/s1. The zero-order valence-corrected chi connectivity index (χ0v) is 18.8. The first-order chi connectivity index (χ1) is 13.9. The fourth-order valence-corrected chi connectivity index (χ4v) is 8.50. The number of allylic oxidation sites excluding steroid dienone is 2. The summed E-state index contributed by atoms with van der Waals surface area (Å²) < 4.78 is 12.9. The van der Waals surface area contributed by atoms with E-state index in [1.807, 2.05) is 13.2 Å². The van der Waals surface area contributed by atoms with Crippen molar-refractivity contribution in [1.82, 2.24) is 0 Å². The minimum Gasteiger partial charge on any atom is -0.353 e. The van der Waals surface area contributed by atoms with Gasteiger partial charge in [0.25, 0.3) is 0 Å². The molecule has 0 radical (unpaired) electrons. The highest BCUT2D eigenvalue weighted by molar-refractivity contribution is 5.91. The summed E-state index contributed by atoms with van der Waals surface area (Å²) in [6, 6.07) is 0. The van der Waals surface area contributed by atoms with Crippen molar-refractivity contribution in [2.24, 2.45) is 34.5 Å². The topological polar surface area (TPSA) is 35.5 Å². The van der Waals surface area contributed by atoms with E-state index in [4.69, 9.17) is 9.47 Å². The Morgan fingerprint density at radius 3 is 2.48 bits per heavy atom. The molecule has 0 N–H and O–H groups in total. The highest BCUT2D eigenvalue weighted by Crippen LogP contribution is 2.66. The van der Waals surface area contributed by atoms with Crippen LogP contribution in [-0.2, 0) is 14.3 Å². The lowest BCUT2D eigenvalue weighted by atomic mass is 9.46. The van der Waals surface area contributed by atoms with Crippen LogP contribution in [0.15, 0.2) is 12.2 Å². The van der Waals surface area contributed by atoms with Crippen molar-refractivity contribution in [3.63, 3.8) is 0 Å². The van der Waals surface area contributed by atoms with Crippen LogP contribution in [0.25, 0.3) is 0 Å². The molecule has 5 aliphatic carbocycles. The van der Waals surface area contributed by atoms with E-state index >= 15 is 0 Å². The number of carbonyl (C=O) groups is 1. The smallest absolute Gasteiger partial charge is 0.168 e. The molecule has 0 spiro atoms. The molecule has 0 aromatic carbocycles. The maximum Gasteiger partial charge on any atom is 0.168 e. The molecule has 5 aliphatic rings. The maximum absolute atomic E-state index is 12.0. The zero-order chi connectivity index (χ0) is 20.3. The van der Waals surface area contributed by atoms with Crippen LogP contribution in [0.4, 0.5) is 0 Å². The van der Waals surface area contributed by atoms with Crippen LogP contribution in [0, 0.1) is 34.5 Å². The molecule has 3 nitrogen and oxygen atoms in total. The Hall–Kier alpha value is -0.670. The molecule has 0 aliphatic heterocycles. The Kier molecular flexibility index (Phi) is 5.02. The van der Waals surface area contributed by atoms with E-state index in [-0.39, 0.29) is 11.2 Å². The molecule has 3 heteroatoms. The number of ether oxygens (including phenoxy) is 2. The number of ketones is 1. The van der Waals surface area contributed by atoms with E-state index in [0.29, 0.717) is 23.2 Å². The maximum atomic E-state index is 12.0. The van der Waals surface area contributed by atoms with Gasteiger partial charge in [-0.3, -0.25) is 4.79 Å². The van der Waals surface area contributed by atoms with Crippen molar-refractivity contribution in [2.45, 2.75) is 103 Å². The van der Waals surface area contributed by atoms with Crippen LogP contribution in [0.5, 0.6) is 0 Å². The van der Waals surface area contributed by atoms with Crippen molar-refractivity contribution in [3.8, 4) is 0 Å². The van der Waals surface area contributed by atoms with Crippen LogP contribution >= 0.6 is 0 Å². The largest absolute Gasteiger partial charge is 0.353 e. The van der Waals surface area contributed by atoms with Gasteiger partial charge in [-0.05, 0) is 91.9 Å². The van der Waals surface area contributed by atoms with Crippen LogP contribution in [0.3, 0.4) is 0 Å². The lowest BCUT2D eigenvalue weighted by Gasteiger charge is -2.59. The first kappa shape index (κ1) is 20.2. The Balaban J connectivity index is 1.37. The number of fused-ring (bicyclic) bond motifs is 5. The summed E-state index contributed by atoms with van der Waals surface area (Å²) in [5.41, 5.74) is 0.524. The summed E-state index contributed by atoms with van der Waals surface area (Å²) in [6.07, 6.45) is 18.9. The number of hydrogen-bond donors (Lipinski definition) is 0. The number of carbonyl (C=O) groups excluding carboxylic acids is 1. The summed E-state index contributed by atoms with van der Waals surface area (Å²) in [5, 5.41) is 0. The van der Waals surface area contributed by atoms with Crippen molar-refractivity contribution in [1.29, 1.82) is 0 Å². The minimum absolute atomic E-state index is 0.230. The van der Waals surface area contributed by atoms with Gasteiger partial charge in [0.05, 0.1) is 6.10 Å². The first-order valence-corrected chi connectivity index (χ1v) is 12.4. The Bertz CT molecular complexity index is 677. The number of rotatable bonds is 3. The molecule has 162 valence electrons. The van der Waals surface area contributed by atoms with Crippen LogP contribution in [-0.4, -0.2) is 24.8 Å². The highest BCUT2D eigenvalue weighted by Gasteiger charge is 2.60.